The van der Waals surface area contributed by atoms with Crippen LogP contribution in [-0.4, -0.2) is 35.0 Å². The summed E-state index contributed by atoms with van der Waals surface area (Å²) in [6, 6.07) is 16.4. The second-order valence-electron chi connectivity index (χ2n) is 7.71. The second kappa shape index (κ2) is 10.1. The molecular formula is C26H21FN2O6. The number of hydrogen-bond donors (Lipinski definition) is 2. The Morgan fingerprint density at radius 3 is 2.34 bits per heavy atom. The predicted molar refractivity (Wildman–Crippen MR) is 124 cm³/mol. The zero-order valence-corrected chi connectivity index (χ0v) is 18.7. The van der Waals surface area contributed by atoms with E-state index < -0.39 is 23.7 Å². The number of nitrogens with zero attached hydrogens (tertiary/aromatic N) is 1. The number of carbonyl (C=O) groups excluding carboxylic acids is 2. The fraction of sp³-hybridized carbons (Fsp3) is 0.115. The smallest absolute Gasteiger partial charge is 0.335 e. The summed E-state index contributed by atoms with van der Waals surface area (Å²) in [6.45, 7) is 0.218. The number of halogens is 1. The van der Waals surface area contributed by atoms with Gasteiger partial charge in [0.25, 0.3) is 5.91 Å². The molecule has 1 aliphatic heterocycles. The number of rotatable bonds is 8. The van der Waals surface area contributed by atoms with Crippen LogP contribution >= 0.6 is 0 Å². The van der Waals surface area contributed by atoms with Gasteiger partial charge in [-0.25, -0.2) is 14.0 Å². The largest absolute Gasteiger partial charge is 0.493 e. The highest BCUT2D eigenvalue weighted by molar-refractivity contribution is 6.13. The van der Waals surface area contributed by atoms with Crippen LogP contribution in [0.3, 0.4) is 0 Å². The molecule has 8 nitrogen and oxygen atoms in total. The van der Waals surface area contributed by atoms with Crippen LogP contribution < -0.4 is 14.8 Å². The minimum atomic E-state index is -1.00. The summed E-state index contributed by atoms with van der Waals surface area (Å²) >= 11 is 0. The standard InChI is InChI=1S/C26H21FN2O6/c1-34-23-13-18(6-11-22(23)35-15-17-2-7-19(8-3-17)25(31)32)12-21-24(30)29(26(33)28-21)14-16-4-9-20(27)10-5-16/h2-13H,14-15H2,1H3,(H,28,33)(H,31,32). The molecule has 4 rings (SSSR count). The number of carboxylic acids is 1. The SMILES string of the molecule is COc1cc(C=C2NC(=O)N(Cc3ccc(F)cc3)C2=O)ccc1OCc1ccc(C(=O)O)cc1. The average Bonchev–Trinajstić information content (AvgIpc) is 3.11. The third kappa shape index (κ3) is 5.47. The highest BCUT2D eigenvalue weighted by Crippen LogP contribution is 2.30. The van der Waals surface area contributed by atoms with Crippen molar-refractivity contribution in [1.82, 2.24) is 10.2 Å². The molecule has 0 aromatic heterocycles. The van der Waals surface area contributed by atoms with Gasteiger partial charge in [-0.1, -0.05) is 30.3 Å². The first-order valence-corrected chi connectivity index (χ1v) is 10.6. The van der Waals surface area contributed by atoms with Crippen molar-refractivity contribution in [3.05, 3.63) is 100 Å². The van der Waals surface area contributed by atoms with Crippen molar-refractivity contribution in [2.45, 2.75) is 13.2 Å². The van der Waals surface area contributed by atoms with Crippen molar-refractivity contribution >= 4 is 24.0 Å². The molecule has 3 amide bonds. The molecular weight excluding hydrogens is 455 g/mol. The molecule has 0 aliphatic carbocycles. The maximum absolute atomic E-state index is 13.1. The van der Waals surface area contributed by atoms with E-state index in [0.29, 0.717) is 22.6 Å². The molecule has 1 aliphatic rings. The van der Waals surface area contributed by atoms with E-state index in [-0.39, 0.29) is 24.4 Å². The van der Waals surface area contributed by atoms with Crippen molar-refractivity contribution < 1.29 is 33.4 Å². The third-order valence-electron chi connectivity index (χ3n) is 5.31. The average molecular weight is 476 g/mol. The van der Waals surface area contributed by atoms with E-state index in [0.717, 1.165) is 10.5 Å². The van der Waals surface area contributed by atoms with E-state index >= 15 is 0 Å². The number of amides is 3. The number of imide groups is 1. The molecule has 0 saturated carbocycles. The topological polar surface area (TPSA) is 105 Å². The molecule has 9 heteroatoms. The molecule has 3 aromatic rings. The number of ether oxygens (including phenoxy) is 2. The Kier molecular flexibility index (Phi) is 6.77. The number of benzene rings is 3. The van der Waals surface area contributed by atoms with Crippen LogP contribution in [0.25, 0.3) is 6.08 Å². The monoisotopic (exact) mass is 476 g/mol. The van der Waals surface area contributed by atoms with Gasteiger partial charge in [0.15, 0.2) is 11.5 Å². The number of carbonyl (C=O) groups is 3. The summed E-state index contributed by atoms with van der Waals surface area (Å²) in [5.41, 5.74) is 2.30. The van der Waals surface area contributed by atoms with Gasteiger partial charge in [0.05, 0.1) is 19.2 Å². The van der Waals surface area contributed by atoms with Gasteiger partial charge in [-0.05, 0) is 59.2 Å². The number of hydrogen-bond acceptors (Lipinski definition) is 5. The van der Waals surface area contributed by atoms with Crippen LogP contribution in [0.5, 0.6) is 11.5 Å². The van der Waals surface area contributed by atoms with E-state index in [1.54, 1.807) is 30.3 Å². The van der Waals surface area contributed by atoms with Crippen molar-refractivity contribution in [2.75, 3.05) is 7.11 Å². The molecule has 1 fully saturated rings. The Balaban J connectivity index is 1.45. The molecule has 35 heavy (non-hydrogen) atoms. The first-order chi connectivity index (χ1) is 16.8. The fourth-order valence-corrected chi connectivity index (χ4v) is 3.45. The van der Waals surface area contributed by atoms with Crippen LogP contribution in [0.2, 0.25) is 0 Å². The van der Waals surface area contributed by atoms with Crippen molar-refractivity contribution in [3.63, 3.8) is 0 Å². The lowest BCUT2D eigenvalue weighted by molar-refractivity contribution is -0.123. The molecule has 0 spiro atoms. The maximum atomic E-state index is 13.1. The van der Waals surface area contributed by atoms with Gasteiger partial charge in [-0.3, -0.25) is 9.69 Å². The van der Waals surface area contributed by atoms with E-state index in [2.05, 4.69) is 5.32 Å². The minimum absolute atomic E-state index is 0.0197. The maximum Gasteiger partial charge on any atom is 0.335 e. The van der Waals surface area contributed by atoms with Gasteiger partial charge in [-0.2, -0.15) is 0 Å². The van der Waals surface area contributed by atoms with E-state index in [9.17, 15) is 18.8 Å². The quantitative estimate of drug-likeness (QED) is 0.373. The summed E-state index contributed by atoms with van der Waals surface area (Å²) in [6.07, 6.45) is 1.53. The molecule has 0 atom stereocenters. The number of carboxylic acid groups (broad SMARTS) is 1. The lowest BCUT2D eigenvalue weighted by Crippen LogP contribution is -2.30. The summed E-state index contributed by atoms with van der Waals surface area (Å²) in [5, 5.41) is 11.5. The molecule has 1 saturated heterocycles. The molecule has 1 heterocycles. The summed E-state index contributed by atoms with van der Waals surface area (Å²) in [7, 11) is 1.48. The third-order valence-corrected chi connectivity index (χ3v) is 5.31. The Labute approximate surface area is 200 Å². The normalized spacial score (nSPS) is 14.2. The van der Waals surface area contributed by atoms with Gasteiger partial charge in [0, 0.05) is 0 Å². The first-order valence-electron chi connectivity index (χ1n) is 10.6. The Bertz CT molecular complexity index is 1300. The van der Waals surface area contributed by atoms with Crippen LogP contribution in [0, 0.1) is 5.82 Å². The van der Waals surface area contributed by atoms with E-state index in [4.69, 9.17) is 14.6 Å². The zero-order chi connectivity index (χ0) is 24.9. The molecule has 0 unspecified atom stereocenters. The van der Waals surface area contributed by atoms with Gasteiger partial charge >= 0.3 is 12.0 Å². The highest BCUT2D eigenvalue weighted by Gasteiger charge is 2.33. The van der Waals surface area contributed by atoms with Crippen molar-refractivity contribution in [1.29, 1.82) is 0 Å². The molecule has 2 N–H and O–H groups in total. The lowest BCUT2D eigenvalue weighted by atomic mass is 10.1. The van der Waals surface area contributed by atoms with Crippen LogP contribution in [0.15, 0.2) is 72.4 Å². The number of aromatic carboxylic acids is 1. The minimum Gasteiger partial charge on any atom is -0.493 e. The highest BCUT2D eigenvalue weighted by atomic mass is 19.1. The van der Waals surface area contributed by atoms with Crippen LogP contribution in [0.1, 0.15) is 27.0 Å². The number of urea groups is 1. The van der Waals surface area contributed by atoms with Gasteiger partial charge < -0.3 is 19.9 Å². The Hall–Kier alpha value is -4.66. The van der Waals surface area contributed by atoms with Crippen LogP contribution in [-0.2, 0) is 17.9 Å². The number of nitrogens with one attached hydrogen (secondary N) is 1. The summed E-state index contributed by atoms with van der Waals surface area (Å²) in [4.78, 5) is 37.1. The molecule has 178 valence electrons. The van der Waals surface area contributed by atoms with Gasteiger partial charge in [0.1, 0.15) is 18.1 Å². The number of methoxy groups -OCH3 is 1. The van der Waals surface area contributed by atoms with E-state index in [1.165, 1.54) is 49.6 Å². The molecule has 0 bridgehead atoms. The van der Waals surface area contributed by atoms with E-state index in [1.807, 2.05) is 0 Å². The Morgan fingerprint density at radius 2 is 1.69 bits per heavy atom. The van der Waals surface area contributed by atoms with Crippen molar-refractivity contribution in [2.24, 2.45) is 0 Å². The lowest BCUT2D eigenvalue weighted by Gasteiger charge is -2.12. The van der Waals surface area contributed by atoms with Crippen LogP contribution in [0.4, 0.5) is 9.18 Å². The van der Waals surface area contributed by atoms with Crippen molar-refractivity contribution in [3.8, 4) is 11.5 Å². The zero-order valence-electron chi connectivity index (χ0n) is 18.7. The second-order valence-corrected chi connectivity index (χ2v) is 7.71. The first kappa shape index (κ1) is 23.5. The Morgan fingerprint density at radius 1 is 1.00 bits per heavy atom. The summed E-state index contributed by atoms with van der Waals surface area (Å²) in [5.74, 6) is -1.02. The van der Waals surface area contributed by atoms with Gasteiger partial charge in [-0.15, -0.1) is 0 Å². The summed E-state index contributed by atoms with van der Waals surface area (Å²) < 4.78 is 24.3. The molecule has 3 aromatic carbocycles. The fourth-order valence-electron chi connectivity index (χ4n) is 3.45. The van der Waals surface area contributed by atoms with Gasteiger partial charge in [0.2, 0.25) is 0 Å². The molecule has 0 radical (unpaired) electrons. The predicted octanol–water partition coefficient (Wildman–Crippen LogP) is 4.20.